The SMILES string of the molecule is CCSCc1ccc(C(=O)N2CCCC(C(=O)Nc3ccc(Cl)cn3)C2)cc1. The maximum Gasteiger partial charge on any atom is 0.253 e. The number of piperidine rings is 1. The van der Waals surface area contributed by atoms with E-state index in [-0.39, 0.29) is 17.7 Å². The predicted octanol–water partition coefficient (Wildman–Crippen LogP) is 4.48. The van der Waals surface area contributed by atoms with Gasteiger partial charge in [0, 0.05) is 30.6 Å². The van der Waals surface area contributed by atoms with Crippen molar-refractivity contribution in [3.8, 4) is 0 Å². The average molecular weight is 418 g/mol. The number of hydrogen-bond donors (Lipinski definition) is 1. The molecule has 2 heterocycles. The number of rotatable bonds is 6. The molecule has 1 aliphatic heterocycles. The van der Waals surface area contributed by atoms with Gasteiger partial charge in [-0.15, -0.1) is 0 Å². The van der Waals surface area contributed by atoms with Crippen molar-refractivity contribution in [3.05, 3.63) is 58.7 Å². The van der Waals surface area contributed by atoms with Crippen molar-refractivity contribution in [2.24, 2.45) is 5.92 Å². The summed E-state index contributed by atoms with van der Waals surface area (Å²) in [4.78, 5) is 31.3. The minimum Gasteiger partial charge on any atom is -0.338 e. The average Bonchev–Trinajstić information content (AvgIpc) is 2.74. The molecule has 2 aromatic rings. The Morgan fingerprint density at radius 3 is 2.71 bits per heavy atom. The van der Waals surface area contributed by atoms with Gasteiger partial charge in [0.25, 0.3) is 5.91 Å². The summed E-state index contributed by atoms with van der Waals surface area (Å²) < 4.78 is 0. The van der Waals surface area contributed by atoms with Crippen LogP contribution in [0.15, 0.2) is 42.6 Å². The molecule has 148 valence electrons. The topological polar surface area (TPSA) is 62.3 Å². The van der Waals surface area contributed by atoms with Crippen molar-refractivity contribution in [2.75, 3.05) is 24.2 Å². The van der Waals surface area contributed by atoms with E-state index in [9.17, 15) is 9.59 Å². The summed E-state index contributed by atoms with van der Waals surface area (Å²) in [7, 11) is 0. The number of anilines is 1. The molecule has 1 saturated heterocycles. The fourth-order valence-corrected chi connectivity index (χ4v) is 3.94. The smallest absolute Gasteiger partial charge is 0.253 e. The Morgan fingerprint density at radius 2 is 2.04 bits per heavy atom. The molecule has 3 rings (SSSR count). The van der Waals surface area contributed by atoms with Crippen LogP contribution in [0, 0.1) is 5.92 Å². The van der Waals surface area contributed by atoms with Crippen LogP contribution in [0.4, 0.5) is 5.82 Å². The Hall–Kier alpha value is -2.05. The first-order chi connectivity index (χ1) is 13.6. The second-order valence-electron chi connectivity index (χ2n) is 6.78. The molecule has 28 heavy (non-hydrogen) atoms. The lowest BCUT2D eigenvalue weighted by Crippen LogP contribution is -2.43. The van der Waals surface area contributed by atoms with E-state index in [1.165, 1.54) is 11.8 Å². The first kappa shape index (κ1) is 20.7. The van der Waals surface area contributed by atoms with E-state index in [1.54, 1.807) is 17.0 Å². The quantitative estimate of drug-likeness (QED) is 0.752. The number of likely N-dealkylation sites (tertiary alicyclic amines) is 1. The number of carbonyl (C=O) groups is 2. The zero-order chi connectivity index (χ0) is 19.9. The number of nitrogens with zero attached hydrogens (tertiary/aromatic N) is 2. The molecule has 1 aliphatic rings. The highest BCUT2D eigenvalue weighted by atomic mass is 35.5. The van der Waals surface area contributed by atoms with Crippen LogP contribution < -0.4 is 5.32 Å². The third kappa shape index (κ3) is 5.49. The third-order valence-electron chi connectivity index (χ3n) is 4.73. The van der Waals surface area contributed by atoms with E-state index in [2.05, 4.69) is 17.2 Å². The minimum absolute atomic E-state index is 0.0168. The Morgan fingerprint density at radius 1 is 1.25 bits per heavy atom. The maximum absolute atomic E-state index is 12.9. The Kier molecular flexibility index (Phi) is 7.34. The summed E-state index contributed by atoms with van der Waals surface area (Å²) in [5, 5.41) is 3.34. The number of pyridine rings is 1. The third-order valence-corrected chi connectivity index (χ3v) is 5.90. The molecule has 0 spiro atoms. The number of thioether (sulfide) groups is 1. The molecular weight excluding hydrogens is 394 g/mol. The van der Waals surface area contributed by atoms with Gasteiger partial charge in [-0.05, 0) is 48.4 Å². The minimum atomic E-state index is -0.240. The molecule has 1 unspecified atom stereocenters. The van der Waals surface area contributed by atoms with Crippen LogP contribution in [0.2, 0.25) is 5.02 Å². The van der Waals surface area contributed by atoms with Crippen LogP contribution in [-0.4, -0.2) is 40.5 Å². The van der Waals surface area contributed by atoms with Crippen molar-refractivity contribution >= 4 is 41.0 Å². The molecule has 5 nitrogen and oxygen atoms in total. The molecule has 0 bridgehead atoms. The summed E-state index contributed by atoms with van der Waals surface area (Å²) in [5.74, 6) is 2.13. The summed E-state index contributed by atoms with van der Waals surface area (Å²) in [6.45, 7) is 3.23. The Bertz CT molecular complexity index is 811. The highest BCUT2D eigenvalue weighted by molar-refractivity contribution is 7.98. The Labute approximate surface area is 174 Å². The molecule has 0 saturated carbocycles. The normalized spacial score (nSPS) is 16.6. The van der Waals surface area contributed by atoms with Crippen molar-refractivity contribution < 1.29 is 9.59 Å². The monoisotopic (exact) mass is 417 g/mol. The van der Waals surface area contributed by atoms with Crippen molar-refractivity contribution in [2.45, 2.75) is 25.5 Å². The van der Waals surface area contributed by atoms with Gasteiger partial charge in [-0.3, -0.25) is 9.59 Å². The summed E-state index contributed by atoms with van der Waals surface area (Å²) in [5.41, 5.74) is 1.89. The number of benzene rings is 1. The second kappa shape index (κ2) is 9.94. The summed E-state index contributed by atoms with van der Waals surface area (Å²) in [6.07, 6.45) is 3.07. The molecular formula is C21H24ClN3O2S. The first-order valence-electron chi connectivity index (χ1n) is 9.45. The van der Waals surface area contributed by atoms with Crippen LogP contribution in [-0.2, 0) is 10.5 Å². The van der Waals surface area contributed by atoms with E-state index in [4.69, 9.17) is 11.6 Å². The summed E-state index contributed by atoms with van der Waals surface area (Å²) in [6, 6.07) is 11.1. The first-order valence-corrected chi connectivity index (χ1v) is 11.0. The zero-order valence-corrected chi connectivity index (χ0v) is 17.4. The van der Waals surface area contributed by atoms with Crippen LogP contribution in [0.1, 0.15) is 35.7 Å². The Balaban J connectivity index is 1.59. The van der Waals surface area contributed by atoms with Gasteiger partial charge in [0.1, 0.15) is 5.82 Å². The molecule has 1 fully saturated rings. The van der Waals surface area contributed by atoms with Crippen LogP contribution in [0.3, 0.4) is 0 Å². The lowest BCUT2D eigenvalue weighted by molar-refractivity contribution is -0.121. The van der Waals surface area contributed by atoms with Gasteiger partial charge in [0.05, 0.1) is 10.9 Å². The molecule has 1 aromatic carbocycles. The van der Waals surface area contributed by atoms with Gasteiger partial charge in [-0.25, -0.2) is 4.98 Å². The van der Waals surface area contributed by atoms with Gasteiger partial charge < -0.3 is 10.2 Å². The van der Waals surface area contributed by atoms with E-state index < -0.39 is 0 Å². The number of nitrogens with one attached hydrogen (secondary N) is 1. The molecule has 1 aromatic heterocycles. The standard InChI is InChI=1S/C21H24ClN3O2S/c1-2-28-14-15-5-7-16(8-6-15)21(27)25-11-3-4-17(13-25)20(26)24-19-10-9-18(22)12-23-19/h5-10,12,17H,2-4,11,13-14H2,1H3,(H,23,24,26). The zero-order valence-electron chi connectivity index (χ0n) is 15.9. The van der Waals surface area contributed by atoms with Gasteiger partial charge in [-0.2, -0.15) is 11.8 Å². The number of halogens is 1. The lowest BCUT2D eigenvalue weighted by Gasteiger charge is -2.32. The molecule has 7 heteroatoms. The number of amides is 2. The molecule has 1 N–H and O–H groups in total. The summed E-state index contributed by atoms with van der Waals surface area (Å²) >= 11 is 7.68. The fourth-order valence-electron chi connectivity index (χ4n) is 3.20. The van der Waals surface area contributed by atoms with Crippen molar-refractivity contribution in [3.63, 3.8) is 0 Å². The molecule has 1 atom stereocenters. The van der Waals surface area contributed by atoms with Gasteiger partial charge in [0.2, 0.25) is 5.91 Å². The van der Waals surface area contributed by atoms with Gasteiger partial charge in [0.15, 0.2) is 0 Å². The second-order valence-corrected chi connectivity index (χ2v) is 8.49. The number of aromatic nitrogens is 1. The van der Waals surface area contributed by atoms with E-state index >= 15 is 0 Å². The number of carbonyl (C=O) groups excluding carboxylic acids is 2. The van der Waals surface area contributed by atoms with E-state index in [0.29, 0.717) is 29.5 Å². The lowest BCUT2D eigenvalue weighted by atomic mass is 9.96. The van der Waals surface area contributed by atoms with Crippen LogP contribution in [0.5, 0.6) is 0 Å². The largest absolute Gasteiger partial charge is 0.338 e. The van der Waals surface area contributed by atoms with Gasteiger partial charge >= 0.3 is 0 Å². The van der Waals surface area contributed by atoms with Crippen LogP contribution in [0.25, 0.3) is 0 Å². The molecule has 2 amide bonds. The van der Waals surface area contributed by atoms with Crippen molar-refractivity contribution in [1.82, 2.24) is 9.88 Å². The number of hydrogen-bond acceptors (Lipinski definition) is 4. The van der Waals surface area contributed by atoms with Crippen LogP contribution >= 0.6 is 23.4 Å². The predicted molar refractivity (Wildman–Crippen MR) is 115 cm³/mol. The fraction of sp³-hybridized carbons (Fsp3) is 0.381. The molecule has 0 aliphatic carbocycles. The van der Waals surface area contributed by atoms with E-state index in [0.717, 1.165) is 24.3 Å². The van der Waals surface area contributed by atoms with Crippen molar-refractivity contribution in [1.29, 1.82) is 0 Å². The highest BCUT2D eigenvalue weighted by Crippen LogP contribution is 2.21. The van der Waals surface area contributed by atoms with E-state index in [1.807, 2.05) is 36.0 Å². The van der Waals surface area contributed by atoms with Gasteiger partial charge in [-0.1, -0.05) is 30.7 Å². The maximum atomic E-state index is 12.9. The molecule has 0 radical (unpaired) electrons. The highest BCUT2D eigenvalue weighted by Gasteiger charge is 2.29.